The molecular weight excluding hydrogens is 1180 g/mol. The summed E-state index contributed by atoms with van der Waals surface area (Å²) in [4.78, 5) is 0. The van der Waals surface area contributed by atoms with Crippen LogP contribution in [0.1, 0.15) is 111 Å². The summed E-state index contributed by atoms with van der Waals surface area (Å²) in [6, 6.07) is 111. The van der Waals surface area contributed by atoms with Crippen LogP contribution >= 0.6 is 0 Å². The maximum atomic E-state index is 2.48. The molecule has 12 aromatic carbocycles. The van der Waals surface area contributed by atoms with Gasteiger partial charge in [-0.3, -0.25) is 0 Å². The zero-order valence-electron chi connectivity index (χ0n) is 52.5. The standard InChI is InChI=1S/4C22H19.Sn/c4*1-17-8-12-19(13-9-17)16-22(20-6-4-3-5-7-20)21-14-10-18(2)11-15-21;/h4*4-16H,1-2H3;. The van der Waals surface area contributed by atoms with Crippen LogP contribution in [0, 0.1) is 55.4 Å². The van der Waals surface area contributed by atoms with Gasteiger partial charge in [0.2, 0.25) is 0 Å². The average molecular weight is 1250 g/mol. The fraction of sp³-hybridized carbons (Fsp3) is 0.0909. The van der Waals surface area contributed by atoms with Crippen LogP contribution in [0.15, 0.2) is 291 Å². The van der Waals surface area contributed by atoms with Crippen LogP contribution in [-0.2, 0) is 0 Å². The van der Waals surface area contributed by atoms with E-state index in [-0.39, 0.29) is 0 Å². The van der Waals surface area contributed by atoms with Crippen LogP contribution < -0.4 is 14.3 Å². The van der Waals surface area contributed by atoms with Crippen LogP contribution in [0.25, 0.3) is 46.6 Å². The van der Waals surface area contributed by atoms with Gasteiger partial charge in [0, 0.05) is 0 Å². The quantitative estimate of drug-likeness (QED) is 0.0668. The molecule has 0 bridgehead atoms. The van der Waals surface area contributed by atoms with E-state index in [1.54, 1.807) is 0 Å². The predicted octanol–water partition coefficient (Wildman–Crippen LogP) is 19.9. The van der Waals surface area contributed by atoms with E-state index in [1.807, 2.05) is 0 Å². The topological polar surface area (TPSA) is 0 Å². The van der Waals surface area contributed by atoms with Crippen molar-refractivity contribution in [3.05, 3.63) is 402 Å². The van der Waals surface area contributed by atoms with Crippen LogP contribution in [0.2, 0.25) is 0 Å². The van der Waals surface area contributed by atoms with E-state index in [1.165, 1.54) is 148 Å². The van der Waals surface area contributed by atoms with Gasteiger partial charge in [0.05, 0.1) is 0 Å². The average Bonchev–Trinajstić information content (AvgIpc) is 0.856. The Balaban J connectivity index is 1.10. The van der Waals surface area contributed by atoms with E-state index >= 15 is 0 Å². The van der Waals surface area contributed by atoms with Gasteiger partial charge in [-0.25, -0.2) is 0 Å². The first kappa shape index (κ1) is 59.7. The normalized spacial score (nSPS) is 12.9. The first-order valence-corrected chi connectivity index (χ1v) is 36.9. The molecule has 0 saturated heterocycles. The first-order chi connectivity index (χ1) is 43.3. The molecule has 0 unspecified atom stereocenters. The Kier molecular flexibility index (Phi) is 18.0. The summed E-state index contributed by atoms with van der Waals surface area (Å²) in [5, 5.41) is 0. The van der Waals surface area contributed by atoms with Crippen molar-refractivity contribution >= 4 is 79.3 Å². The molecule has 0 aliphatic rings. The van der Waals surface area contributed by atoms with E-state index in [0.29, 0.717) is 0 Å². The third-order valence-corrected chi connectivity index (χ3v) is 31.2. The Bertz CT molecular complexity index is 3900. The van der Waals surface area contributed by atoms with Crippen molar-refractivity contribution in [2.45, 2.75) is 55.4 Å². The van der Waals surface area contributed by atoms with Crippen molar-refractivity contribution in [1.82, 2.24) is 0 Å². The van der Waals surface area contributed by atoms with Crippen molar-refractivity contribution in [3.8, 4) is 0 Å². The summed E-state index contributed by atoms with van der Waals surface area (Å²) in [6.07, 6.45) is 9.42. The van der Waals surface area contributed by atoms with Gasteiger partial charge in [0.25, 0.3) is 0 Å². The van der Waals surface area contributed by atoms with Gasteiger partial charge in [-0.15, -0.1) is 0 Å². The molecule has 0 spiro atoms. The van der Waals surface area contributed by atoms with Crippen molar-refractivity contribution in [1.29, 1.82) is 0 Å². The van der Waals surface area contributed by atoms with Gasteiger partial charge in [-0.2, -0.15) is 0 Å². The van der Waals surface area contributed by atoms with Crippen molar-refractivity contribution in [2.75, 3.05) is 0 Å². The third kappa shape index (κ3) is 13.8. The number of hydrogen-bond donors (Lipinski definition) is 0. The fourth-order valence-corrected chi connectivity index (χ4v) is 25.5. The zero-order chi connectivity index (χ0) is 61.4. The van der Waals surface area contributed by atoms with E-state index in [4.69, 9.17) is 0 Å². The van der Waals surface area contributed by atoms with Crippen LogP contribution in [0.4, 0.5) is 0 Å². The minimum atomic E-state index is -4.54. The Hall–Kier alpha value is -9.60. The van der Waals surface area contributed by atoms with Gasteiger partial charge in [-0.05, 0) is 0 Å². The van der Waals surface area contributed by atoms with E-state index in [2.05, 4.69) is 371 Å². The molecule has 1 heteroatoms. The number of hydrogen-bond acceptors (Lipinski definition) is 0. The zero-order valence-corrected chi connectivity index (χ0v) is 55.4. The van der Waals surface area contributed by atoms with E-state index in [9.17, 15) is 0 Å². The molecular formula is C88H76Sn. The SMILES string of the molecule is Cc1ccc(C=C(c2ccc(C)cc2)c2cc[c]([Sn]([c]3ccc(C(=Cc4ccc(C)cc4)c4ccc(C)cc4)cc3)([c]3ccc(C(=Cc4ccc(C)cc4)c4ccc(C)cc4)cc3)[c]3ccc(C(=Cc4ccc(C)cc4)c4ccc(C)cc4)cc3)cc2)cc1. The molecule has 0 aliphatic carbocycles. The Labute approximate surface area is 533 Å². The molecule has 0 aromatic heterocycles. The molecule has 0 atom stereocenters. The monoisotopic (exact) mass is 1250 g/mol. The van der Waals surface area contributed by atoms with Crippen LogP contribution in [0.3, 0.4) is 0 Å². The van der Waals surface area contributed by atoms with E-state index in [0.717, 1.165) is 0 Å². The fourth-order valence-electron chi connectivity index (χ4n) is 12.2. The second-order valence-corrected chi connectivity index (χ2v) is 35.3. The summed E-state index contributed by atoms with van der Waals surface area (Å²) < 4.78 is 5.47. The summed E-state index contributed by atoms with van der Waals surface area (Å²) in [6.45, 7) is 17.3. The first-order valence-electron chi connectivity index (χ1n) is 31.2. The van der Waals surface area contributed by atoms with Gasteiger partial charge in [0.15, 0.2) is 0 Å². The Morgan fingerprint density at radius 3 is 0.438 bits per heavy atom. The van der Waals surface area contributed by atoms with Gasteiger partial charge >= 0.3 is 537 Å². The number of benzene rings is 12. The summed E-state index contributed by atoms with van der Waals surface area (Å²) in [7, 11) is 0. The Morgan fingerprint density at radius 1 is 0.169 bits per heavy atom. The maximum absolute atomic E-state index is 4.54. The number of rotatable bonds is 16. The third-order valence-electron chi connectivity index (χ3n) is 17.5. The van der Waals surface area contributed by atoms with Gasteiger partial charge < -0.3 is 0 Å². The summed E-state index contributed by atoms with van der Waals surface area (Å²) in [5.41, 5.74) is 28.9. The van der Waals surface area contributed by atoms with Gasteiger partial charge in [-0.1, -0.05) is 0 Å². The van der Waals surface area contributed by atoms with Crippen molar-refractivity contribution < 1.29 is 0 Å². The molecule has 0 heterocycles. The molecule has 12 rings (SSSR count). The summed E-state index contributed by atoms with van der Waals surface area (Å²) >= 11 is -4.54. The molecule has 0 radical (unpaired) electrons. The molecule has 432 valence electrons. The molecule has 89 heavy (non-hydrogen) atoms. The molecule has 0 aliphatic heterocycles. The molecule has 0 N–H and O–H groups in total. The van der Waals surface area contributed by atoms with Crippen molar-refractivity contribution in [3.63, 3.8) is 0 Å². The molecule has 0 nitrogen and oxygen atoms in total. The molecule has 0 saturated carbocycles. The van der Waals surface area contributed by atoms with Crippen LogP contribution in [-0.4, -0.2) is 18.4 Å². The molecule has 12 aromatic rings. The summed E-state index contributed by atoms with van der Waals surface area (Å²) in [5.74, 6) is 0. The second kappa shape index (κ2) is 26.8. The van der Waals surface area contributed by atoms with E-state index < -0.39 is 18.4 Å². The molecule has 0 fully saturated rings. The number of aryl methyl sites for hydroxylation is 8. The molecule has 0 amide bonds. The second-order valence-electron chi connectivity index (χ2n) is 24.4. The Morgan fingerprint density at radius 2 is 0.292 bits per heavy atom. The van der Waals surface area contributed by atoms with Crippen LogP contribution in [0.5, 0.6) is 0 Å². The predicted molar refractivity (Wildman–Crippen MR) is 387 cm³/mol. The minimum absolute atomic E-state index is 1.17. The van der Waals surface area contributed by atoms with Gasteiger partial charge in [0.1, 0.15) is 0 Å². The van der Waals surface area contributed by atoms with Crippen molar-refractivity contribution in [2.24, 2.45) is 0 Å².